The minimum atomic E-state index is -4.41. The van der Waals surface area contributed by atoms with Crippen molar-refractivity contribution in [3.8, 4) is 0 Å². The largest absolute Gasteiger partial charge is 0.434 e. The minimum Gasteiger partial charge on any atom is -0.368 e. The van der Waals surface area contributed by atoms with E-state index in [2.05, 4.69) is 10.3 Å². The van der Waals surface area contributed by atoms with Crippen LogP contribution in [0.15, 0.2) is 0 Å². The zero-order chi connectivity index (χ0) is 14.1. The predicted octanol–water partition coefficient (Wildman–Crippen LogP) is 3.30. The van der Waals surface area contributed by atoms with Gasteiger partial charge in [-0.1, -0.05) is 6.92 Å². The van der Waals surface area contributed by atoms with Crippen LogP contribution in [-0.4, -0.2) is 18.1 Å². The highest BCUT2D eigenvalue weighted by Gasteiger charge is 2.42. The summed E-state index contributed by atoms with van der Waals surface area (Å²) in [6.07, 6.45) is -2.83. The normalized spacial score (nSPS) is 24.1. The summed E-state index contributed by atoms with van der Waals surface area (Å²) in [6, 6.07) is 0. The number of nitrogens with one attached hydrogen (secondary N) is 1. The van der Waals surface area contributed by atoms with E-state index in [0.29, 0.717) is 18.2 Å². The number of nitrogens with zero attached hydrogens (tertiary/aromatic N) is 1. The second kappa shape index (κ2) is 5.38. The minimum absolute atomic E-state index is 0.194. The Kier molecular flexibility index (Phi) is 4.17. The van der Waals surface area contributed by atoms with Gasteiger partial charge in [-0.15, -0.1) is 11.3 Å². The van der Waals surface area contributed by atoms with Gasteiger partial charge in [-0.05, 0) is 26.3 Å². The van der Waals surface area contributed by atoms with E-state index in [1.165, 1.54) is 0 Å². The van der Waals surface area contributed by atoms with E-state index in [-0.39, 0.29) is 11.4 Å². The maximum atomic E-state index is 13.0. The zero-order valence-electron chi connectivity index (χ0n) is 10.9. The Bertz CT molecular complexity index is 439. The molecule has 0 bridgehead atoms. The third-order valence-corrected chi connectivity index (χ3v) is 4.47. The van der Waals surface area contributed by atoms with Crippen LogP contribution in [0.25, 0.3) is 0 Å². The van der Waals surface area contributed by atoms with Crippen molar-refractivity contribution in [3.05, 3.63) is 15.6 Å². The van der Waals surface area contributed by atoms with Gasteiger partial charge in [-0.25, -0.2) is 4.98 Å². The van der Waals surface area contributed by atoms with E-state index in [4.69, 9.17) is 4.74 Å². The summed E-state index contributed by atoms with van der Waals surface area (Å²) in [5, 5.41) is 3.36. The molecule has 0 saturated carbocycles. The molecule has 7 heteroatoms. The zero-order valence-corrected chi connectivity index (χ0v) is 11.7. The Morgan fingerprint density at radius 2 is 2.21 bits per heavy atom. The summed E-state index contributed by atoms with van der Waals surface area (Å²) in [7, 11) is 0. The first-order chi connectivity index (χ1) is 8.87. The third-order valence-electron chi connectivity index (χ3n) is 3.17. The monoisotopic (exact) mass is 294 g/mol. The van der Waals surface area contributed by atoms with Gasteiger partial charge in [0.15, 0.2) is 5.69 Å². The molecule has 0 spiro atoms. The number of hydrogen-bond acceptors (Lipinski definition) is 4. The topological polar surface area (TPSA) is 34.1 Å². The third kappa shape index (κ3) is 3.09. The molecule has 1 aliphatic rings. The lowest BCUT2D eigenvalue weighted by molar-refractivity contribution is -0.141. The average molecular weight is 294 g/mol. The van der Waals surface area contributed by atoms with Gasteiger partial charge in [0, 0.05) is 13.2 Å². The van der Waals surface area contributed by atoms with Crippen LogP contribution in [0.1, 0.15) is 42.3 Å². The van der Waals surface area contributed by atoms with Crippen LogP contribution in [0.5, 0.6) is 0 Å². The van der Waals surface area contributed by atoms with E-state index < -0.39 is 17.5 Å². The lowest BCUT2D eigenvalue weighted by atomic mass is 10.0. The first kappa shape index (κ1) is 14.7. The summed E-state index contributed by atoms with van der Waals surface area (Å²) < 4.78 is 44.5. The number of ether oxygens (including phenoxy) is 1. The van der Waals surface area contributed by atoms with Crippen LogP contribution in [0, 0.1) is 0 Å². The standard InChI is InChI=1S/C12H17F3N2OS/c1-3-16-7-8-9(12(13,14)15)17-10(19-8)11(2)5-4-6-18-11/h16H,3-7H2,1-2H3. The van der Waals surface area contributed by atoms with Crippen molar-refractivity contribution in [2.45, 2.75) is 45.0 Å². The number of hydrogen-bond donors (Lipinski definition) is 1. The summed E-state index contributed by atoms with van der Waals surface area (Å²) >= 11 is 1.10. The molecule has 1 atom stereocenters. The smallest absolute Gasteiger partial charge is 0.368 e. The number of thiazole rings is 1. The second-order valence-corrected chi connectivity index (χ2v) is 5.84. The predicted molar refractivity (Wildman–Crippen MR) is 67.0 cm³/mol. The van der Waals surface area contributed by atoms with E-state index in [0.717, 1.165) is 24.2 Å². The van der Waals surface area contributed by atoms with Gasteiger partial charge in [0.25, 0.3) is 0 Å². The van der Waals surface area contributed by atoms with Crippen molar-refractivity contribution in [1.29, 1.82) is 0 Å². The first-order valence-corrected chi connectivity index (χ1v) is 7.10. The van der Waals surface area contributed by atoms with Gasteiger partial charge in [0.2, 0.25) is 0 Å². The second-order valence-electron chi connectivity index (χ2n) is 4.75. The summed E-state index contributed by atoms with van der Waals surface area (Å²) in [5.74, 6) is 0. The summed E-state index contributed by atoms with van der Waals surface area (Å²) in [5.41, 5.74) is -1.43. The molecule has 2 rings (SSSR count). The number of aromatic nitrogens is 1. The van der Waals surface area contributed by atoms with E-state index in [1.54, 1.807) is 0 Å². The van der Waals surface area contributed by atoms with Crippen LogP contribution in [0.3, 0.4) is 0 Å². The molecule has 0 amide bonds. The van der Waals surface area contributed by atoms with Crippen molar-refractivity contribution in [2.75, 3.05) is 13.2 Å². The highest BCUT2D eigenvalue weighted by atomic mass is 32.1. The molecule has 1 N–H and O–H groups in total. The summed E-state index contributed by atoms with van der Waals surface area (Å²) in [4.78, 5) is 4.05. The van der Waals surface area contributed by atoms with E-state index in [1.807, 2.05) is 13.8 Å². The van der Waals surface area contributed by atoms with Crippen molar-refractivity contribution in [3.63, 3.8) is 0 Å². The van der Waals surface area contributed by atoms with Gasteiger partial charge in [-0.3, -0.25) is 0 Å². The number of rotatable bonds is 4. The Labute approximate surface area is 114 Å². The SMILES string of the molecule is CCNCc1sc(C2(C)CCCO2)nc1C(F)(F)F. The van der Waals surface area contributed by atoms with Crippen molar-refractivity contribution < 1.29 is 17.9 Å². The fraction of sp³-hybridized carbons (Fsp3) is 0.750. The van der Waals surface area contributed by atoms with Crippen LogP contribution in [0.2, 0.25) is 0 Å². The molecule has 1 saturated heterocycles. The molecular weight excluding hydrogens is 277 g/mol. The lowest BCUT2D eigenvalue weighted by Crippen LogP contribution is -2.20. The van der Waals surface area contributed by atoms with Crippen LogP contribution in [-0.2, 0) is 23.1 Å². The molecular formula is C12H17F3N2OS. The van der Waals surface area contributed by atoms with Gasteiger partial charge in [0.05, 0.1) is 4.88 Å². The fourth-order valence-corrected chi connectivity index (χ4v) is 3.29. The number of alkyl halides is 3. The van der Waals surface area contributed by atoms with Crippen LogP contribution < -0.4 is 5.32 Å². The van der Waals surface area contributed by atoms with E-state index >= 15 is 0 Å². The molecule has 108 valence electrons. The molecule has 1 aromatic heterocycles. The molecule has 2 heterocycles. The van der Waals surface area contributed by atoms with Gasteiger partial charge < -0.3 is 10.1 Å². The number of halogens is 3. The van der Waals surface area contributed by atoms with E-state index in [9.17, 15) is 13.2 Å². The Morgan fingerprint density at radius 1 is 1.47 bits per heavy atom. The maximum Gasteiger partial charge on any atom is 0.434 e. The Balaban J connectivity index is 2.34. The van der Waals surface area contributed by atoms with Crippen molar-refractivity contribution in [2.24, 2.45) is 0 Å². The fourth-order valence-electron chi connectivity index (χ4n) is 2.11. The molecule has 1 aromatic rings. The lowest BCUT2D eigenvalue weighted by Gasteiger charge is -2.19. The molecule has 1 fully saturated rings. The molecule has 1 aliphatic heterocycles. The molecule has 0 aliphatic carbocycles. The molecule has 19 heavy (non-hydrogen) atoms. The van der Waals surface area contributed by atoms with Gasteiger partial charge in [-0.2, -0.15) is 13.2 Å². The molecule has 0 aromatic carbocycles. The summed E-state index contributed by atoms with van der Waals surface area (Å²) in [6.45, 7) is 5.07. The Morgan fingerprint density at radius 3 is 2.74 bits per heavy atom. The maximum absolute atomic E-state index is 13.0. The molecule has 1 unspecified atom stereocenters. The van der Waals surface area contributed by atoms with Crippen LogP contribution in [0.4, 0.5) is 13.2 Å². The van der Waals surface area contributed by atoms with Gasteiger partial charge in [0.1, 0.15) is 10.6 Å². The average Bonchev–Trinajstić information content (AvgIpc) is 2.92. The Hall–Kier alpha value is -0.660. The van der Waals surface area contributed by atoms with Crippen molar-refractivity contribution >= 4 is 11.3 Å². The van der Waals surface area contributed by atoms with Gasteiger partial charge >= 0.3 is 6.18 Å². The quantitative estimate of drug-likeness (QED) is 0.925. The molecule has 0 radical (unpaired) electrons. The van der Waals surface area contributed by atoms with Crippen LogP contribution >= 0.6 is 11.3 Å². The van der Waals surface area contributed by atoms with Crippen molar-refractivity contribution in [1.82, 2.24) is 10.3 Å². The highest BCUT2D eigenvalue weighted by molar-refractivity contribution is 7.11. The first-order valence-electron chi connectivity index (χ1n) is 6.29. The highest BCUT2D eigenvalue weighted by Crippen LogP contribution is 2.42. The molecule has 3 nitrogen and oxygen atoms in total.